The van der Waals surface area contributed by atoms with Crippen molar-refractivity contribution in [3.05, 3.63) is 41.6 Å². The van der Waals surface area contributed by atoms with Crippen molar-refractivity contribution in [2.45, 2.75) is 0 Å². The molecule has 1 N–H and O–H groups in total. The van der Waals surface area contributed by atoms with Crippen molar-refractivity contribution in [2.75, 3.05) is 13.7 Å². The van der Waals surface area contributed by atoms with Gasteiger partial charge < -0.3 is 9.84 Å². The van der Waals surface area contributed by atoms with E-state index in [-0.39, 0.29) is 6.61 Å². The quantitative estimate of drug-likeness (QED) is 0.712. The number of benzene rings is 1. The molecule has 68 valence electrons. The van der Waals surface area contributed by atoms with Crippen LogP contribution in [0.1, 0.15) is 5.56 Å². The molecule has 0 aliphatic rings. The lowest BCUT2D eigenvalue weighted by atomic mass is 10.2. The maximum Gasteiger partial charge on any atom is 0.118 e. The molecular weight excluding hydrogens is 164 g/mol. The van der Waals surface area contributed by atoms with Crippen LogP contribution in [-0.2, 0) is 0 Å². The van der Waals surface area contributed by atoms with Gasteiger partial charge in [-0.1, -0.05) is 12.1 Å². The SMILES string of the molecule is COc1ccc(C=C=CCO)cc1. The fourth-order valence-electron chi connectivity index (χ4n) is 0.908. The molecule has 0 atom stereocenters. The van der Waals surface area contributed by atoms with E-state index in [1.807, 2.05) is 24.3 Å². The second-order valence-electron chi connectivity index (χ2n) is 2.47. The summed E-state index contributed by atoms with van der Waals surface area (Å²) < 4.78 is 5.01. The first-order valence-electron chi connectivity index (χ1n) is 4.02. The third-order valence-electron chi connectivity index (χ3n) is 1.57. The van der Waals surface area contributed by atoms with E-state index < -0.39 is 0 Å². The first-order valence-corrected chi connectivity index (χ1v) is 4.02. The number of ether oxygens (including phenoxy) is 1. The van der Waals surface area contributed by atoms with E-state index in [4.69, 9.17) is 9.84 Å². The Morgan fingerprint density at radius 3 is 2.62 bits per heavy atom. The number of hydrogen-bond donors (Lipinski definition) is 1. The van der Waals surface area contributed by atoms with E-state index in [0.717, 1.165) is 11.3 Å². The molecule has 1 rings (SSSR count). The standard InChI is InChI=1S/C11H12O2/c1-13-11-7-5-10(6-8-11)4-2-3-9-12/h3-8,12H,9H2,1H3. The summed E-state index contributed by atoms with van der Waals surface area (Å²) in [6.07, 6.45) is 3.36. The Balaban J connectivity index is 2.75. The number of aliphatic hydroxyl groups is 1. The molecule has 0 radical (unpaired) electrons. The molecule has 1 aromatic carbocycles. The average molecular weight is 176 g/mol. The highest BCUT2D eigenvalue weighted by molar-refractivity contribution is 5.49. The highest BCUT2D eigenvalue weighted by atomic mass is 16.5. The molecule has 2 heteroatoms. The van der Waals surface area contributed by atoms with Gasteiger partial charge in [0.1, 0.15) is 5.75 Å². The topological polar surface area (TPSA) is 29.5 Å². The second-order valence-corrected chi connectivity index (χ2v) is 2.47. The van der Waals surface area contributed by atoms with Gasteiger partial charge in [-0.25, -0.2) is 0 Å². The van der Waals surface area contributed by atoms with Gasteiger partial charge in [0.15, 0.2) is 0 Å². The van der Waals surface area contributed by atoms with Crippen LogP contribution in [-0.4, -0.2) is 18.8 Å². The van der Waals surface area contributed by atoms with E-state index >= 15 is 0 Å². The van der Waals surface area contributed by atoms with Gasteiger partial charge in [0.05, 0.1) is 13.7 Å². The van der Waals surface area contributed by atoms with Crippen LogP contribution in [0.2, 0.25) is 0 Å². The lowest BCUT2D eigenvalue weighted by molar-refractivity contribution is 0.343. The van der Waals surface area contributed by atoms with Gasteiger partial charge in [-0.05, 0) is 29.8 Å². The van der Waals surface area contributed by atoms with Crippen LogP contribution in [0.3, 0.4) is 0 Å². The van der Waals surface area contributed by atoms with Crippen molar-refractivity contribution < 1.29 is 9.84 Å². The van der Waals surface area contributed by atoms with Gasteiger partial charge in [0.2, 0.25) is 0 Å². The minimum atomic E-state index is 0.0205. The largest absolute Gasteiger partial charge is 0.497 e. The number of rotatable bonds is 3. The first-order chi connectivity index (χ1) is 6.36. The summed E-state index contributed by atoms with van der Waals surface area (Å²) in [5.41, 5.74) is 3.88. The van der Waals surface area contributed by atoms with Crippen molar-refractivity contribution in [1.82, 2.24) is 0 Å². The first kappa shape index (κ1) is 9.59. The van der Waals surface area contributed by atoms with E-state index in [0.29, 0.717) is 0 Å². The van der Waals surface area contributed by atoms with Crippen LogP contribution >= 0.6 is 0 Å². The molecule has 0 aliphatic heterocycles. The smallest absolute Gasteiger partial charge is 0.118 e. The van der Waals surface area contributed by atoms with Gasteiger partial charge in [0.25, 0.3) is 0 Å². The van der Waals surface area contributed by atoms with E-state index in [9.17, 15) is 0 Å². The summed E-state index contributed by atoms with van der Waals surface area (Å²) in [4.78, 5) is 0. The summed E-state index contributed by atoms with van der Waals surface area (Å²) in [7, 11) is 1.64. The molecule has 0 saturated carbocycles. The van der Waals surface area contributed by atoms with Gasteiger partial charge >= 0.3 is 0 Å². The number of aliphatic hydroxyl groups excluding tert-OH is 1. The molecule has 1 aromatic rings. The Morgan fingerprint density at radius 1 is 1.38 bits per heavy atom. The van der Waals surface area contributed by atoms with Gasteiger partial charge in [-0.3, -0.25) is 0 Å². The van der Waals surface area contributed by atoms with Crippen molar-refractivity contribution >= 4 is 6.08 Å². The zero-order valence-corrected chi connectivity index (χ0v) is 7.53. The molecule has 0 amide bonds. The van der Waals surface area contributed by atoms with Crippen LogP contribution in [0.25, 0.3) is 6.08 Å². The third-order valence-corrected chi connectivity index (χ3v) is 1.57. The molecule has 0 fully saturated rings. The highest BCUT2D eigenvalue weighted by Gasteiger charge is 1.88. The predicted octanol–water partition coefficient (Wildman–Crippen LogP) is 1.86. The Bertz CT molecular complexity index is 305. The number of hydrogen-bond acceptors (Lipinski definition) is 2. The van der Waals surface area contributed by atoms with Crippen LogP contribution in [0, 0.1) is 0 Å². The van der Waals surface area contributed by atoms with E-state index in [1.165, 1.54) is 0 Å². The predicted molar refractivity (Wildman–Crippen MR) is 52.6 cm³/mol. The summed E-state index contributed by atoms with van der Waals surface area (Å²) in [6.45, 7) is 0.0205. The molecule has 0 bridgehead atoms. The molecule has 2 nitrogen and oxygen atoms in total. The summed E-state index contributed by atoms with van der Waals surface area (Å²) in [6, 6.07) is 7.62. The van der Waals surface area contributed by atoms with Gasteiger partial charge in [0, 0.05) is 0 Å². The van der Waals surface area contributed by atoms with E-state index in [1.54, 1.807) is 19.3 Å². The number of methoxy groups -OCH3 is 1. The lowest BCUT2D eigenvalue weighted by Crippen LogP contribution is -1.80. The molecule has 0 aliphatic carbocycles. The van der Waals surface area contributed by atoms with Gasteiger partial charge in [-0.15, -0.1) is 5.73 Å². The molecule has 0 saturated heterocycles. The van der Waals surface area contributed by atoms with Crippen molar-refractivity contribution in [3.63, 3.8) is 0 Å². The fraction of sp³-hybridized carbons (Fsp3) is 0.182. The molecule has 0 spiro atoms. The Labute approximate surface area is 77.8 Å². The van der Waals surface area contributed by atoms with Crippen molar-refractivity contribution in [1.29, 1.82) is 0 Å². The third kappa shape index (κ3) is 3.16. The van der Waals surface area contributed by atoms with Crippen molar-refractivity contribution in [3.8, 4) is 5.75 Å². The van der Waals surface area contributed by atoms with Crippen molar-refractivity contribution in [2.24, 2.45) is 0 Å². The van der Waals surface area contributed by atoms with Crippen LogP contribution in [0.4, 0.5) is 0 Å². The van der Waals surface area contributed by atoms with Crippen LogP contribution < -0.4 is 4.74 Å². The molecule has 0 heterocycles. The van der Waals surface area contributed by atoms with Gasteiger partial charge in [-0.2, -0.15) is 0 Å². The molecular formula is C11H12O2. The molecule has 0 aromatic heterocycles. The zero-order valence-electron chi connectivity index (χ0n) is 7.53. The Hall–Kier alpha value is -1.50. The maximum atomic E-state index is 8.47. The lowest BCUT2D eigenvalue weighted by Gasteiger charge is -1.97. The Kier molecular flexibility index (Phi) is 3.83. The molecule has 0 unspecified atom stereocenters. The minimum Gasteiger partial charge on any atom is -0.497 e. The second kappa shape index (κ2) is 5.20. The van der Waals surface area contributed by atoms with E-state index in [2.05, 4.69) is 5.73 Å². The van der Waals surface area contributed by atoms with Crippen LogP contribution in [0.15, 0.2) is 36.1 Å². The maximum absolute atomic E-state index is 8.47. The minimum absolute atomic E-state index is 0.0205. The zero-order chi connectivity index (χ0) is 9.52. The monoisotopic (exact) mass is 176 g/mol. The summed E-state index contributed by atoms with van der Waals surface area (Å²) in [5, 5.41) is 8.47. The summed E-state index contributed by atoms with van der Waals surface area (Å²) >= 11 is 0. The highest BCUT2D eigenvalue weighted by Crippen LogP contribution is 2.11. The molecule has 13 heavy (non-hydrogen) atoms. The Morgan fingerprint density at radius 2 is 2.08 bits per heavy atom. The summed E-state index contributed by atoms with van der Waals surface area (Å²) in [5.74, 6) is 0.836. The average Bonchev–Trinajstić information content (AvgIpc) is 2.19. The van der Waals surface area contributed by atoms with Crippen LogP contribution in [0.5, 0.6) is 5.75 Å². The normalized spacial score (nSPS) is 8.77. The fourth-order valence-corrected chi connectivity index (χ4v) is 0.908.